The topological polar surface area (TPSA) is 64.0 Å². The molecule has 0 aliphatic rings. The van der Waals surface area contributed by atoms with Gasteiger partial charge in [-0.2, -0.15) is 5.10 Å². The lowest BCUT2D eigenvalue weighted by Crippen LogP contribution is -2.18. The lowest BCUT2D eigenvalue weighted by Gasteiger charge is -2.11. The molecular weight excluding hydrogens is 434 g/mol. The highest BCUT2D eigenvalue weighted by molar-refractivity contribution is 6.31. The fourth-order valence-electron chi connectivity index (χ4n) is 3.74. The second-order valence-electron chi connectivity index (χ2n) is 7.99. The third-order valence-corrected chi connectivity index (χ3v) is 6.00. The first-order chi connectivity index (χ1) is 15.8. The van der Waals surface area contributed by atoms with Crippen molar-refractivity contribution in [2.75, 3.05) is 5.32 Å². The van der Waals surface area contributed by atoms with E-state index in [0.29, 0.717) is 39.6 Å². The first-order valence-electron chi connectivity index (χ1n) is 10.6. The van der Waals surface area contributed by atoms with Gasteiger partial charge in [-0.15, -0.1) is 0 Å². The van der Waals surface area contributed by atoms with E-state index >= 15 is 0 Å². The lowest BCUT2D eigenvalue weighted by molar-refractivity contribution is 0.0996. The fraction of sp³-hybridized carbons (Fsp3) is 0.148. The zero-order valence-electron chi connectivity index (χ0n) is 18.7. The summed E-state index contributed by atoms with van der Waals surface area (Å²) >= 11 is 6.30. The van der Waals surface area contributed by atoms with E-state index in [1.807, 2.05) is 61.9 Å². The number of aromatic nitrogens is 2. The van der Waals surface area contributed by atoms with Gasteiger partial charge in [0.1, 0.15) is 0 Å². The molecule has 0 unspecified atom stereocenters. The molecule has 5 nitrogen and oxygen atoms in total. The van der Waals surface area contributed by atoms with E-state index in [1.54, 1.807) is 36.4 Å². The van der Waals surface area contributed by atoms with Crippen molar-refractivity contribution in [3.05, 3.63) is 117 Å². The summed E-state index contributed by atoms with van der Waals surface area (Å²) in [4.78, 5) is 26.3. The molecule has 3 aromatic carbocycles. The van der Waals surface area contributed by atoms with Crippen molar-refractivity contribution in [2.24, 2.45) is 0 Å². The second kappa shape index (κ2) is 9.43. The van der Waals surface area contributed by atoms with Gasteiger partial charge < -0.3 is 5.32 Å². The number of benzene rings is 3. The molecule has 1 amide bonds. The molecular formula is C27H24ClN3O2. The molecule has 1 N–H and O–H groups in total. The summed E-state index contributed by atoms with van der Waals surface area (Å²) in [6, 6.07) is 21.8. The Morgan fingerprint density at radius 1 is 0.879 bits per heavy atom. The van der Waals surface area contributed by atoms with Gasteiger partial charge >= 0.3 is 0 Å². The quantitative estimate of drug-likeness (QED) is 0.361. The van der Waals surface area contributed by atoms with Crippen molar-refractivity contribution in [1.29, 1.82) is 0 Å². The highest BCUT2D eigenvalue weighted by Gasteiger charge is 2.21. The number of carbonyl (C=O) groups excluding carboxylic acids is 2. The van der Waals surface area contributed by atoms with E-state index in [-0.39, 0.29) is 11.7 Å². The van der Waals surface area contributed by atoms with Crippen molar-refractivity contribution in [2.45, 2.75) is 27.3 Å². The number of nitrogens with one attached hydrogen (secondary N) is 1. The number of carbonyl (C=O) groups is 2. The number of aryl methyl sites for hydroxylation is 2. The van der Waals surface area contributed by atoms with Crippen LogP contribution in [0.1, 0.15) is 48.8 Å². The fourth-order valence-corrected chi connectivity index (χ4v) is 3.94. The molecule has 0 saturated heterocycles. The van der Waals surface area contributed by atoms with Crippen LogP contribution in [0.15, 0.2) is 72.8 Å². The van der Waals surface area contributed by atoms with Gasteiger partial charge in [0.25, 0.3) is 5.91 Å². The number of hydrogen-bond donors (Lipinski definition) is 1. The molecule has 33 heavy (non-hydrogen) atoms. The Morgan fingerprint density at radius 2 is 1.52 bits per heavy atom. The number of rotatable bonds is 6. The molecule has 1 aromatic heterocycles. The summed E-state index contributed by atoms with van der Waals surface area (Å²) in [5, 5.41) is 8.21. The Hall–Kier alpha value is -3.70. The minimum atomic E-state index is -0.352. The first-order valence-corrected chi connectivity index (χ1v) is 11.0. The van der Waals surface area contributed by atoms with Gasteiger partial charge in [-0.05, 0) is 38.5 Å². The van der Waals surface area contributed by atoms with Gasteiger partial charge in [0.05, 0.1) is 29.2 Å². The number of nitrogens with zero attached hydrogens (tertiary/aromatic N) is 2. The smallest absolute Gasteiger partial charge is 0.256 e. The number of anilines is 1. The van der Waals surface area contributed by atoms with Crippen molar-refractivity contribution < 1.29 is 9.59 Å². The average molecular weight is 458 g/mol. The van der Waals surface area contributed by atoms with Crippen LogP contribution >= 0.6 is 11.6 Å². The third-order valence-electron chi connectivity index (χ3n) is 5.63. The predicted octanol–water partition coefficient (Wildman–Crippen LogP) is 5.99. The Labute approximate surface area is 198 Å². The van der Waals surface area contributed by atoms with E-state index in [1.165, 1.54) is 0 Å². The SMILES string of the molecule is Cc1ccc(C(=O)c2ccccc2C(=O)Nc2c(C)nn(Cc3ccccc3Cl)c2C)cc1. The van der Waals surface area contributed by atoms with E-state index < -0.39 is 0 Å². The standard InChI is InChI=1S/C27H24ClN3O2/c1-17-12-14-20(15-13-17)26(32)22-9-5-6-10-23(22)27(33)29-25-18(2)30-31(19(25)3)16-21-8-4-7-11-24(21)28/h4-15H,16H2,1-3H3,(H,29,33). The molecule has 4 rings (SSSR count). The van der Waals surface area contributed by atoms with Crippen LogP contribution in [0.2, 0.25) is 5.02 Å². The van der Waals surface area contributed by atoms with Crippen LogP contribution in [0.3, 0.4) is 0 Å². The largest absolute Gasteiger partial charge is 0.319 e. The highest BCUT2D eigenvalue weighted by Crippen LogP contribution is 2.24. The van der Waals surface area contributed by atoms with E-state index in [9.17, 15) is 9.59 Å². The summed E-state index contributed by atoms with van der Waals surface area (Å²) in [6.07, 6.45) is 0. The van der Waals surface area contributed by atoms with E-state index in [4.69, 9.17) is 11.6 Å². The molecule has 0 saturated carbocycles. The molecule has 1 heterocycles. The van der Waals surface area contributed by atoms with Crippen molar-refractivity contribution >= 4 is 29.0 Å². The minimum absolute atomic E-state index is 0.191. The van der Waals surface area contributed by atoms with Crippen molar-refractivity contribution in [3.63, 3.8) is 0 Å². The maximum absolute atomic E-state index is 13.2. The normalized spacial score (nSPS) is 10.8. The Bertz CT molecular complexity index is 1340. The van der Waals surface area contributed by atoms with Crippen LogP contribution in [-0.4, -0.2) is 21.5 Å². The zero-order chi connectivity index (χ0) is 23.5. The molecule has 0 bridgehead atoms. The summed E-state index contributed by atoms with van der Waals surface area (Å²) in [7, 11) is 0. The van der Waals surface area contributed by atoms with Gasteiger partial charge in [0.2, 0.25) is 0 Å². The molecule has 166 valence electrons. The molecule has 0 radical (unpaired) electrons. The van der Waals surface area contributed by atoms with Gasteiger partial charge in [-0.3, -0.25) is 14.3 Å². The highest BCUT2D eigenvalue weighted by atomic mass is 35.5. The lowest BCUT2D eigenvalue weighted by atomic mass is 9.97. The molecule has 4 aromatic rings. The van der Waals surface area contributed by atoms with Gasteiger partial charge in [-0.1, -0.05) is 77.8 Å². The number of hydrogen-bond acceptors (Lipinski definition) is 3. The third kappa shape index (κ3) is 4.73. The van der Waals surface area contributed by atoms with Crippen LogP contribution in [-0.2, 0) is 6.54 Å². The minimum Gasteiger partial charge on any atom is -0.319 e. The number of amides is 1. The van der Waals surface area contributed by atoms with Gasteiger partial charge in [-0.25, -0.2) is 0 Å². The summed E-state index contributed by atoms with van der Waals surface area (Å²) in [5.41, 5.74) is 5.36. The molecule has 0 spiro atoms. The average Bonchev–Trinajstić information content (AvgIpc) is 3.08. The second-order valence-corrected chi connectivity index (χ2v) is 8.40. The first kappa shape index (κ1) is 22.5. The molecule has 0 aliphatic carbocycles. The molecule has 6 heteroatoms. The van der Waals surface area contributed by atoms with Crippen LogP contribution in [0.4, 0.5) is 5.69 Å². The zero-order valence-corrected chi connectivity index (χ0v) is 19.5. The van der Waals surface area contributed by atoms with E-state index in [0.717, 1.165) is 16.8 Å². The Morgan fingerprint density at radius 3 is 2.21 bits per heavy atom. The molecule has 0 aliphatic heterocycles. The summed E-state index contributed by atoms with van der Waals surface area (Å²) < 4.78 is 1.81. The maximum Gasteiger partial charge on any atom is 0.256 e. The Kier molecular flexibility index (Phi) is 6.43. The molecule has 0 atom stereocenters. The summed E-state index contributed by atoms with van der Waals surface area (Å²) in [6.45, 7) is 6.20. The summed E-state index contributed by atoms with van der Waals surface area (Å²) in [5.74, 6) is -0.543. The number of halogens is 1. The maximum atomic E-state index is 13.2. The van der Waals surface area contributed by atoms with Crippen molar-refractivity contribution in [3.8, 4) is 0 Å². The Balaban J connectivity index is 1.61. The van der Waals surface area contributed by atoms with Crippen molar-refractivity contribution in [1.82, 2.24) is 9.78 Å². The number of ketones is 1. The van der Waals surface area contributed by atoms with E-state index in [2.05, 4.69) is 10.4 Å². The predicted molar refractivity (Wildman–Crippen MR) is 131 cm³/mol. The van der Waals surface area contributed by atoms with Crippen LogP contribution in [0.5, 0.6) is 0 Å². The van der Waals surface area contributed by atoms with Crippen LogP contribution in [0, 0.1) is 20.8 Å². The molecule has 0 fully saturated rings. The van der Waals surface area contributed by atoms with Crippen LogP contribution in [0.25, 0.3) is 0 Å². The van der Waals surface area contributed by atoms with Crippen LogP contribution < -0.4 is 5.32 Å². The monoisotopic (exact) mass is 457 g/mol. The van der Waals surface area contributed by atoms with Gasteiger partial charge in [0.15, 0.2) is 5.78 Å². The van der Waals surface area contributed by atoms with Gasteiger partial charge in [0, 0.05) is 16.1 Å².